The number of rotatable bonds is 3. The Morgan fingerprint density at radius 3 is 2.80 bits per heavy atom. The van der Waals surface area contributed by atoms with Gasteiger partial charge in [-0.1, -0.05) is 49.8 Å². The molecule has 3 N–H and O–H groups in total. The zero-order valence-electron chi connectivity index (χ0n) is 11.6. The average molecular weight is 293 g/mol. The lowest BCUT2D eigenvalue weighted by Gasteiger charge is -2.25. The van der Waals surface area contributed by atoms with Crippen molar-refractivity contribution in [1.82, 2.24) is 0 Å². The second-order valence-electron chi connectivity index (χ2n) is 6.10. The summed E-state index contributed by atoms with van der Waals surface area (Å²) < 4.78 is 0. The quantitative estimate of drug-likeness (QED) is 0.890. The highest BCUT2D eigenvalue weighted by molar-refractivity contribution is 6.32. The van der Waals surface area contributed by atoms with Gasteiger partial charge in [0.1, 0.15) is 0 Å². The fourth-order valence-corrected chi connectivity index (χ4v) is 3.76. The Bertz CT molecular complexity index is 523. The molecule has 0 bridgehead atoms. The zero-order chi connectivity index (χ0) is 14.1. The van der Waals surface area contributed by atoms with Crippen LogP contribution in [-0.4, -0.2) is 5.91 Å². The summed E-state index contributed by atoms with van der Waals surface area (Å²) in [6, 6.07) is 3.84. The molecule has 1 aliphatic heterocycles. The van der Waals surface area contributed by atoms with Crippen LogP contribution in [0, 0.1) is 5.92 Å². The van der Waals surface area contributed by atoms with E-state index in [0.29, 0.717) is 11.4 Å². The molecule has 20 heavy (non-hydrogen) atoms. The van der Waals surface area contributed by atoms with Crippen molar-refractivity contribution < 1.29 is 4.79 Å². The molecular weight excluding hydrogens is 272 g/mol. The van der Waals surface area contributed by atoms with E-state index in [1.165, 1.54) is 32.1 Å². The molecule has 1 amide bonds. The van der Waals surface area contributed by atoms with Crippen molar-refractivity contribution in [2.75, 3.05) is 5.32 Å². The molecule has 1 fully saturated rings. The van der Waals surface area contributed by atoms with Crippen molar-refractivity contribution in [1.29, 1.82) is 0 Å². The van der Waals surface area contributed by atoms with Crippen LogP contribution in [-0.2, 0) is 11.2 Å². The van der Waals surface area contributed by atoms with Crippen molar-refractivity contribution in [3.05, 3.63) is 28.3 Å². The monoisotopic (exact) mass is 292 g/mol. The highest BCUT2D eigenvalue weighted by Crippen LogP contribution is 2.36. The third-order valence-corrected chi connectivity index (χ3v) is 4.89. The minimum absolute atomic E-state index is 0.0217. The molecule has 0 radical (unpaired) electrons. The van der Waals surface area contributed by atoms with E-state index in [9.17, 15) is 4.79 Å². The summed E-state index contributed by atoms with van der Waals surface area (Å²) in [5.74, 6) is 0.761. The first-order valence-electron chi connectivity index (χ1n) is 7.51. The number of amides is 1. The van der Waals surface area contributed by atoms with E-state index < -0.39 is 0 Å². The molecule has 1 atom stereocenters. The molecule has 0 aromatic heterocycles. The summed E-state index contributed by atoms with van der Waals surface area (Å²) in [5.41, 5.74) is 9.22. The Morgan fingerprint density at radius 2 is 2.05 bits per heavy atom. The molecule has 1 aromatic carbocycles. The Balaban J connectivity index is 1.76. The molecule has 4 heteroatoms. The number of nitrogens with two attached hydrogens (primary N) is 1. The normalized spacial score (nSPS) is 20.6. The predicted octanol–water partition coefficient (Wildman–Crippen LogP) is 3.80. The molecule has 1 aliphatic carbocycles. The standard InChI is InChI=1S/C16H21ClN2O/c17-13-9-15-11(8-16(20)19-15)7-12(13)14(18)6-10-4-2-1-3-5-10/h7,9-10,14H,1-6,8,18H2,(H,19,20). The second kappa shape index (κ2) is 5.74. The molecular formula is C16H21ClN2O. The van der Waals surface area contributed by atoms with E-state index in [1.54, 1.807) is 0 Å². The molecule has 1 saturated carbocycles. The molecule has 2 aliphatic rings. The van der Waals surface area contributed by atoms with Crippen LogP contribution < -0.4 is 11.1 Å². The van der Waals surface area contributed by atoms with E-state index >= 15 is 0 Å². The van der Waals surface area contributed by atoms with Gasteiger partial charge in [0.05, 0.1) is 6.42 Å². The van der Waals surface area contributed by atoms with Gasteiger partial charge in [-0.25, -0.2) is 0 Å². The molecule has 108 valence electrons. The van der Waals surface area contributed by atoms with Crippen molar-refractivity contribution in [3.63, 3.8) is 0 Å². The van der Waals surface area contributed by atoms with Crippen LogP contribution in [0.15, 0.2) is 12.1 Å². The van der Waals surface area contributed by atoms with Crippen molar-refractivity contribution in [3.8, 4) is 0 Å². The number of carbonyl (C=O) groups excluding carboxylic acids is 1. The smallest absolute Gasteiger partial charge is 0.228 e. The van der Waals surface area contributed by atoms with Crippen LogP contribution in [0.4, 0.5) is 5.69 Å². The van der Waals surface area contributed by atoms with Crippen molar-refractivity contribution in [2.45, 2.75) is 51.0 Å². The van der Waals surface area contributed by atoms with Crippen LogP contribution >= 0.6 is 11.6 Å². The Labute approximate surface area is 124 Å². The van der Waals surface area contributed by atoms with Gasteiger partial charge in [0.15, 0.2) is 0 Å². The number of fused-ring (bicyclic) bond motifs is 1. The summed E-state index contributed by atoms with van der Waals surface area (Å²) in [4.78, 5) is 11.4. The highest BCUT2D eigenvalue weighted by Gasteiger charge is 2.23. The van der Waals surface area contributed by atoms with E-state index in [1.807, 2.05) is 12.1 Å². The summed E-state index contributed by atoms with van der Waals surface area (Å²) in [6.07, 6.45) is 8.03. The van der Waals surface area contributed by atoms with Gasteiger partial charge in [0.2, 0.25) is 5.91 Å². The van der Waals surface area contributed by atoms with Gasteiger partial charge < -0.3 is 11.1 Å². The summed E-state index contributed by atoms with van der Waals surface area (Å²) in [5, 5.41) is 3.50. The Kier molecular flexibility index (Phi) is 3.99. The Hall–Kier alpha value is -1.06. The maximum absolute atomic E-state index is 11.4. The van der Waals surface area contributed by atoms with Gasteiger partial charge >= 0.3 is 0 Å². The molecule has 3 nitrogen and oxygen atoms in total. The van der Waals surface area contributed by atoms with Gasteiger partial charge in [-0.3, -0.25) is 4.79 Å². The zero-order valence-corrected chi connectivity index (χ0v) is 12.4. The number of carbonyl (C=O) groups is 1. The van der Waals surface area contributed by atoms with Gasteiger partial charge in [-0.05, 0) is 29.5 Å². The molecule has 1 unspecified atom stereocenters. The van der Waals surface area contributed by atoms with Crippen LogP contribution in [0.3, 0.4) is 0 Å². The number of nitrogens with one attached hydrogen (secondary N) is 1. The van der Waals surface area contributed by atoms with Gasteiger partial charge in [0.25, 0.3) is 0 Å². The lowest BCUT2D eigenvalue weighted by atomic mass is 9.83. The van der Waals surface area contributed by atoms with E-state index in [0.717, 1.165) is 29.2 Å². The van der Waals surface area contributed by atoms with E-state index in [-0.39, 0.29) is 11.9 Å². The lowest BCUT2D eigenvalue weighted by Crippen LogP contribution is -2.18. The second-order valence-corrected chi connectivity index (χ2v) is 6.51. The first-order valence-corrected chi connectivity index (χ1v) is 7.89. The average Bonchev–Trinajstić information content (AvgIpc) is 2.78. The highest BCUT2D eigenvalue weighted by atomic mass is 35.5. The van der Waals surface area contributed by atoms with Crippen molar-refractivity contribution >= 4 is 23.2 Å². The van der Waals surface area contributed by atoms with Crippen molar-refractivity contribution in [2.24, 2.45) is 11.7 Å². The van der Waals surface area contributed by atoms with Gasteiger partial charge in [-0.2, -0.15) is 0 Å². The van der Waals surface area contributed by atoms with Crippen LogP contribution in [0.1, 0.15) is 55.7 Å². The molecule has 1 heterocycles. The SMILES string of the molecule is NC(CC1CCCCC1)c1cc2c(cc1Cl)NC(=O)C2. The largest absolute Gasteiger partial charge is 0.325 e. The third-order valence-electron chi connectivity index (χ3n) is 4.56. The number of halogens is 1. The minimum atomic E-state index is -0.0217. The van der Waals surface area contributed by atoms with Crippen LogP contribution in [0.2, 0.25) is 5.02 Å². The fourth-order valence-electron chi connectivity index (χ4n) is 3.46. The number of hydrogen-bond acceptors (Lipinski definition) is 2. The summed E-state index contributed by atoms with van der Waals surface area (Å²) in [6.45, 7) is 0. The molecule has 0 spiro atoms. The first kappa shape index (κ1) is 13.9. The lowest BCUT2D eigenvalue weighted by molar-refractivity contribution is -0.115. The third kappa shape index (κ3) is 2.84. The topological polar surface area (TPSA) is 55.1 Å². The Morgan fingerprint density at radius 1 is 1.30 bits per heavy atom. The molecule has 3 rings (SSSR count). The number of benzene rings is 1. The fraction of sp³-hybridized carbons (Fsp3) is 0.562. The van der Waals surface area contributed by atoms with Crippen LogP contribution in [0.5, 0.6) is 0 Å². The van der Waals surface area contributed by atoms with E-state index in [4.69, 9.17) is 17.3 Å². The van der Waals surface area contributed by atoms with Crippen LogP contribution in [0.25, 0.3) is 0 Å². The maximum atomic E-state index is 11.4. The molecule has 0 saturated heterocycles. The summed E-state index contributed by atoms with van der Waals surface area (Å²) >= 11 is 6.34. The summed E-state index contributed by atoms with van der Waals surface area (Å²) in [7, 11) is 0. The minimum Gasteiger partial charge on any atom is -0.325 e. The predicted molar refractivity (Wildman–Crippen MR) is 81.9 cm³/mol. The number of anilines is 1. The van der Waals surface area contributed by atoms with E-state index in [2.05, 4.69) is 5.32 Å². The number of hydrogen-bond donors (Lipinski definition) is 2. The molecule has 1 aromatic rings. The first-order chi connectivity index (χ1) is 9.63. The maximum Gasteiger partial charge on any atom is 0.228 e. The van der Waals surface area contributed by atoms with Gasteiger partial charge in [-0.15, -0.1) is 0 Å². The van der Waals surface area contributed by atoms with Gasteiger partial charge in [0, 0.05) is 16.8 Å².